The van der Waals surface area contributed by atoms with Gasteiger partial charge < -0.3 is 9.90 Å². The standard InChI is InChI=1S/C7H10O3/c8-6-4-2-1-3-5-7(9)10/h1,3,6H,2,4-5H2,(H,9,10)/b3-1+. The molecule has 56 valence electrons. The van der Waals surface area contributed by atoms with Gasteiger partial charge in [-0.05, 0) is 6.42 Å². The van der Waals surface area contributed by atoms with Crippen molar-refractivity contribution in [3.63, 3.8) is 0 Å². The van der Waals surface area contributed by atoms with Crippen LogP contribution in [0.5, 0.6) is 0 Å². The predicted molar refractivity (Wildman–Crippen MR) is 36.7 cm³/mol. The second-order valence-corrected chi connectivity index (χ2v) is 1.81. The van der Waals surface area contributed by atoms with E-state index in [1.807, 2.05) is 0 Å². The van der Waals surface area contributed by atoms with E-state index in [1.165, 1.54) is 0 Å². The molecule has 0 aliphatic rings. The lowest BCUT2D eigenvalue weighted by molar-refractivity contribution is -0.136. The minimum atomic E-state index is -0.845. The van der Waals surface area contributed by atoms with Crippen LogP contribution in [0, 0.1) is 0 Å². The summed E-state index contributed by atoms with van der Waals surface area (Å²) in [7, 11) is 0. The van der Waals surface area contributed by atoms with E-state index in [9.17, 15) is 9.59 Å². The van der Waals surface area contributed by atoms with Crippen LogP contribution in [-0.2, 0) is 9.59 Å². The molecular formula is C7H10O3. The van der Waals surface area contributed by atoms with Crippen molar-refractivity contribution < 1.29 is 14.7 Å². The van der Waals surface area contributed by atoms with Crippen molar-refractivity contribution in [1.82, 2.24) is 0 Å². The molecule has 0 fully saturated rings. The molecule has 0 bridgehead atoms. The van der Waals surface area contributed by atoms with Gasteiger partial charge in [0.25, 0.3) is 0 Å². The van der Waals surface area contributed by atoms with Crippen molar-refractivity contribution in [3.05, 3.63) is 12.2 Å². The topological polar surface area (TPSA) is 54.4 Å². The highest BCUT2D eigenvalue weighted by atomic mass is 16.4. The van der Waals surface area contributed by atoms with Gasteiger partial charge in [0, 0.05) is 6.42 Å². The Labute approximate surface area is 59.4 Å². The van der Waals surface area contributed by atoms with Crippen molar-refractivity contribution in [2.45, 2.75) is 19.3 Å². The van der Waals surface area contributed by atoms with E-state index in [0.29, 0.717) is 12.8 Å². The molecule has 0 heterocycles. The summed E-state index contributed by atoms with van der Waals surface area (Å²) in [6.07, 6.45) is 5.20. The molecule has 0 aromatic rings. The van der Waals surface area contributed by atoms with Crippen molar-refractivity contribution in [3.8, 4) is 0 Å². The van der Waals surface area contributed by atoms with Gasteiger partial charge in [0.1, 0.15) is 6.29 Å². The molecule has 10 heavy (non-hydrogen) atoms. The van der Waals surface area contributed by atoms with E-state index in [2.05, 4.69) is 0 Å². The normalized spacial score (nSPS) is 10.0. The Morgan fingerprint density at radius 3 is 2.50 bits per heavy atom. The summed E-state index contributed by atoms with van der Waals surface area (Å²) in [5, 5.41) is 8.15. The Morgan fingerprint density at radius 2 is 2.00 bits per heavy atom. The van der Waals surface area contributed by atoms with E-state index in [1.54, 1.807) is 12.2 Å². The predicted octanol–water partition coefficient (Wildman–Crippen LogP) is 0.996. The summed E-state index contributed by atoms with van der Waals surface area (Å²) in [5.74, 6) is -0.845. The van der Waals surface area contributed by atoms with Crippen LogP contribution in [0.25, 0.3) is 0 Å². The first-order valence-electron chi connectivity index (χ1n) is 3.08. The average molecular weight is 142 g/mol. The molecule has 0 aromatic carbocycles. The van der Waals surface area contributed by atoms with Gasteiger partial charge in [-0.25, -0.2) is 0 Å². The fraction of sp³-hybridized carbons (Fsp3) is 0.429. The largest absolute Gasteiger partial charge is 0.481 e. The van der Waals surface area contributed by atoms with E-state index in [0.717, 1.165) is 6.29 Å². The van der Waals surface area contributed by atoms with E-state index < -0.39 is 5.97 Å². The van der Waals surface area contributed by atoms with Crippen molar-refractivity contribution in [1.29, 1.82) is 0 Å². The maximum Gasteiger partial charge on any atom is 0.307 e. The first-order valence-corrected chi connectivity index (χ1v) is 3.08. The highest BCUT2D eigenvalue weighted by Crippen LogP contribution is 1.89. The van der Waals surface area contributed by atoms with Gasteiger partial charge in [-0.2, -0.15) is 0 Å². The van der Waals surface area contributed by atoms with Gasteiger partial charge in [-0.15, -0.1) is 0 Å². The van der Waals surface area contributed by atoms with Crippen LogP contribution in [0.1, 0.15) is 19.3 Å². The lowest BCUT2D eigenvalue weighted by Gasteiger charge is -1.82. The Balaban J connectivity index is 3.20. The molecule has 0 atom stereocenters. The molecule has 1 N–H and O–H groups in total. The molecule has 3 heteroatoms. The number of hydrogen-bond acceptors (Lipinski definition) is 2. The number of aldehydes is 1. The number of allylic oxidation sites excluding steroid dienone is 1. The zero-order valence-electron chi connectivity index (χ0n) is 5.62. The van der Waals surface area contributed by atoms with Gasteiger partial charge >= 0.3 is 5.97 Å². The van der Waals surface area contributed by atoms with Crippen molar-refractivity contribution in [2.24, 2.45) is 0 Å². The summed E-state index contributed by atoms with van der Waals surface area (Å²) in [4.78, 5) is 19.7. The quantitative estimate of drug-likeness (QED) is 0.354. The second-order valence-electron chi connectivity index (χ2n) is 1.81. The summed E-state index contributed by atoms with van der Waals surface area (Å²) in [6, 6.07) is 0. The molecule has 0 rings (SSSR count). The Kier molecular flexibility index (Phi) is 5.33. The zero-order valence-corrected chi connectivity index (χ0v) is 5.62. The fourth-order valence-corrected chi connectivity index (χ4v) is 0.466. The van der Waals surface area contributed by atoms with Crippen LogP contribution in [0.4, 0.5) is 0 Å². The Hall–Kier alpha value is -1.12. The van der Waals surface area contributed by atoms with Gasteiger partial charge in [-0.1, -0.05) is 12.2 Å². The smallest absolute Gasteiger partial charge is 0.307 e. The zero-order chi connectivity index (χ0) is 7.82. The number of carboxylic acid groups (broad SMARTS) is 1. The maximum atomic E-state index is 9.91. The number of rotatable bonds is 5. The second kappa shape index (κ2) is 6.01. The molecule has 0 amide bonds. The molecule has 0 spiro atoms. The highest BCUT2D eigenvalue weighted by Gasteiger charge is 1.87. The number of aliphatic carboxylic acids is 1. The third-order valence-corrected chi connectivity index (χ3v) is 0.910. The van der Waals surface area contributed by atoms with Gasteiger partial charge in [0.15, 0.2) is 0 Å². The van der Waals surface area contributed by atoms with Gasteiger partial charge in [0.05, 0.1) is 6.42 Å². The molecular weight excluding hydrogens is 132 g/mol. The lowest BCUT2D eigenvalue weighted by atomic mass is 10.3. The van der Waals surface area contributed by atoms with Crippen molar-refractivity contribution >= 4 is 12.3 Å². The van der Waals surface area contributed by atoms with Crippen LogP contribution in [0.15, 0.2) is 12.2 Å². The number of unbranched alkanes of at least 4 members (excludes halogenated alkanes) is 1. The van der Waals surface area contributed by atoms with E-state index in [4.69, 9.17) is 5.11 Å². The molecule has 0 saturated heterocycles. The molecule has 0 aliphatic heterocycles. The van der Waals surface area contributed by atoms with Crippen LogP contribution < -0.4 is 0 Å². The third kappa shape index (κ3) is 6.88. The molecule has 0 radical (unpaired) electrons. The Morgan fingerprint density at radius 1 is 1.30 bits per heavy atom. The summed E-state index contributed by atoms with van der Waals surface area (Å²) >= 11 is 0. The number of carbonyl (C=O) groups is 2. The van der Waals surface area contributed by atoms with E-state index in [-0.39, 0.29) is 6.42 Å². The van der Waals surface area contributed by atoms with Crippen LogP contribution >= 0.6 is 0 Å². The lowest BCUT2D eigenvalue weighted by Crippen LogP contribution is -1.89. The number of carboxylic acids is 1. The maximum absolute atomic E-state index is 9.91. The van der Waals surface area contributed by atoms with Crippen LogP contribution in [-0.4, -0.2) is 17.4 Å². The van der Waals surface area contributed by atoms with E-state index >= 15 is 0 Å². The van der Waals surface area contributed by atoms with Crippen LogP contribution in [0.2, 0.25) is 0 Å². The number of hydrogen-bond donors (Lipinski definition) is 1. The molecule has 0 aliphatic carbocycles. The molecule has 0 unspecified atom stereocenters. The first kappa shape index (κ1) is 8.88. The highest BCUT2D eigenvalue weighted by molar-refractivity contribution is 5.68. The third-order valence-electron chi connectivity index (χ3n) is 0.910. The fourth-order valence-electron chi connectivity index (χ4n) is 0.466. The van der Waals surface area contributed by atoms with Crippen LogP contribution in [0.3, 0.4) is 0 Å². The first-order chi connectivity index (χ1) is 4.77. The molecule has 0 saturated carbocycles. The average Bonchev–Trinajstić information content (AvgIpc) is 1.87. The molecule has 0 aromatic heterocycles. The minimum Gasteiger partial charge on any atom is -0.481 e. The van der Waals surface area contributed by atoms with Gasteiger partial charge in [-0.3, -0.25) is 4.79 Å². The van der Waals surface area contributed by atoms with Crippen molar-refractivity contribution in [2.75, 3.05) is 0 Å². The summed E-state index contributed by atoms with van der Waals surface area (Å²) < 4.78 is 0. The monoisotopic (exact) mass is 142 g/mol. The molecule has 3 nitrogen and oxygen atoms in total. The van der Waals surface area contributed by atoms with Gasteiger partial charge in [0.2, 0.25) is 0 Å². The minimum absolute atomic E-state index is 0.0405. The Bertz CT molecular complexity index is 138. The summed E-state index contributed by atoms with van der Waals surface area (Å²) in [6.45, 7) is 0. The number of carbonyl (C=O) groups excluding carboxylic acids is 1. The summed E-state index contributed by atoms with van der Waals surface area (Å²) in [5.41, 5.74) is 0. The SMILES string of the molecule is O=CCC/C=C/CC(=O)O.